The van der Waals surface area contributed by atoms with Crippen LogP contribution in [0.2, 0.25) is 5.02 Å². The number of thiophene rings is 1. The summed E-state index contributed by atoms with van der Waals surface area (Å²) < 4.78 is 2.10. The number of nitrogens with zero attached hydrogens (tertiary/aromatic N) is 2. The van der Waals surface area contributed by atoms with E-state index in [0.29, 0.717) is 20.4 Å². The smallest absolute Gasteiger partial charge is 0.271 e. The number of carbonyl (C=O) groups is 1. The second kappa shape index (κ2) is 6.96. The van der Waals surface area contributed by atoms with Gasteiger partial charge >= 0.3 is 0 Å². The van der Waals surface area contributed by atoms with Crippen molar-refractivity contribution in [1.82, 2.24) is 9.55 Å². The zero-order valence-corrected chi connectivity index (χ0v) is 15.4. The number of nitrogens with one attached hydrogen (secondary N) is 1. The number of carbonyl (C=O) groups excluding carboxylic acids is 1. The number of fused-ring (bicyclic) bond motifs is 1. The molecule has 5 nitrogen and oxygen atoms in total. The summed E-state index contributed by atoms with van der Waals surface area (Å²) >= 11 is 8.51. The molecule has 0 bridgehead atoms. The Morgan fingerprint density at radius 2 is 2.21 bits per heavy atom. The molecule has 0 aliphatic carbocycles. The molecule has 3 rings (SSSR count). The first-order chi connectivity index (χ1) is 11.5. The zero-order valence-electron chi connectivity index (χ0n) is 13.0. The van der Waals surface area contributed by atoms with Crippen LogP contribution in [0.15, 0.2) is 39.6 Å². The lowest BCUT2D eigenvalue weighted by molar-refractivity contribution is -0.113. The average molecular weight is 380 g/mol. The van der Waals surface area contributed by atoms with E-state index >= 15 is 0 Å². The van der Waals surface area contributed by atoms with Gasteiger partial charge in [0, 0.05) is 17.8 Å². The van der Waals surface area contributed by atoms with Crippen molar-refractivity contribution in [3.8, 4) is 0 Å². The molecule has 0 aliphatic rings. The van der Waals surface area contributed by atoms with E-state index in [2.05, 4.69) is 10.3 Å². The van der Waals surface area contributed by atoms with E-state index in [1.54, 1.807) is 25.2 Å². The van der Waals surface area contributed by atoms with Gasteiger partial charge in [0.1, 0.15) is 4.70 Å². The lowest BCUT2D eigenvalue weighted by Crippen LogP contribution is -2.20. The van der Waals surface area contributed by atoms with Gasteiger partial charge in [-0.1, -0.05) is 23.4 Å². The van der Waals surface area contributed by atoms with Crippen molar-refractivity contribution in [3.05, 3.63) is 50.6 Å². The maximum absolute atomic E-state index is 12.2. The molecule has 1 aromatic carbocycles. The van der Waals surface area contributed by atoms with Crippen molar-refractivity contribution in [2.24, 2.45) is 7.05 Å². The predicted octanol–water partition coefficient (Wildman–Crippen LogP) is 3.69. The summed E-state index contributed by atoms with van der Waals surface area (Å²) in [7, 11) is 1.66. The van der Waals surface area contributed by atoms with Crippen LogP contribution in [0.1, 0.15) is 5.56 Å². The molecule has 0 unspecified atom stereocenters. The second-order valence-corrected chi connectivity index (χ2v) is 7.48. The number of aromatic nitrogens is 2. The van der Waals surface area contributed by atoms with Crippen molar-refractivity contribution in [1.29, 1.82) is 0 Å². The molecule has 1 amide bonds. The fourth-order valence-electron chi connectivity index (χ4n) is 2.18. The van der Waals surface area contributed by atoms with Gasteiger partial charge in [-0.2, -0.15) is 0 Å². The third kappa shape index (κ3) is 3.48. The van der Waals surface area contributed by atoms with Crippen LogP contribution in [-0.4, -0.2) is 21.2 Å². The molecule has 2 aromatic heterocycles. The van der Waals surface area contributed by atoms with Crippen LogP contribution < -0.4 is 10.9 Å². The largest absolute Gasteiger partial charge is 0.325 e. The standard InChI is InChI=1S/C16H14ClN3O2S2/c1-9-7-10(17)3-4-11(9)18-13(21)8-24-16-19-12-5-6-23-14(12)15(22)20(16)2/h3-7H,8H2,1-2H3,(H,18,21). The summed E-state index contributed by atoms with van der Waals surface area (Å²) in [5, 5.41) is 5.83. The fourth-order valence-corrected chi connectivity index (χ4v) is 3.98. The van der Waals surface area contributed by atoms with Gasteiger partial charge in [0.25, 0.3) is 5.56 Å². The Morgan fingerprint density at radius 3 is 2.96 bits per heavy atom. The van der Waals surface area contributed by atoms with Gasteiger partial charge in [-0.05, 0) is 42.1 Å². The molecule has 0 fully saturated rings. The van der Waals surface area contributed by atoms with Crippen LogP contribution in [0.25, 0.3) is 10.2 Å². The van der Waals surface area contributed by atoms with Crippen LogP contribution >= 0.6 is 34.7 Å². The molecule has 1 N–H and O–H groups in total. The molecular weight excluding hydrogens is 366 g/mol. The third-order valence-corrected chi connectivity index (χ3v) is 5.60. The molecule has 0 saturated heterocycles. The lowest BCUT2D eigenvalue weighted by Gasteiger charge is -2.09. The molecule has 24 heavy (non-hydrogen) atoms. The highest BCUT2D eigenvalue weighted by Crippen LogP contribution is 2.22. The van der Waals surface area contributed by atoms with Gasteiger partial charge in [-0.15, -0.1) is 11.3 Å². The SMILES string of the molecule is Cc1cc(Cl)ccc1NC(=O)CSc1nc2ccsc2c(=O)n1C. The number of amides is 1. The van der Waals surface area contributed by atoms with E-state index in [0.717, 1.165) is 11.3 Å². The summed E-state index contributed by atoms with van der Waals surface area (Å²) in [4.78, 5) is 28.8. The molecule has 124 valence electrons. The highest BCUT2D eigenvalue weighted by atomic mass is 35.5. The number of aryl methyl sites for hydroxylation is 1. The van der Waals surface area contributed by atoms with Crippen molar-refractivity contribution < 1.29 is 4.79 Å². The zero-order chi connectivity index (χ0) is 17.3. The number of hydrogen-bond acceptors (Lipinski definition) is 5. The summed E-state index contributed by atoms with van der Waals surface area (Å²) in [5.41, 5.74) is 2.19. The molecule has 0 atom stereocenters. The first kappa shape index (κ1) is 17.0. The van der Waals surface area contributed by atoms with Crippen LogP contribution in [0.4, 0.5) is 5.69 Å². The summed E-state index contributed by atoms with van der Waals surface area (Å²) in [6, 6.07) is 7.10. The molecule has 0 spiro atoms. The summed E-state index contributed by atoms with van der Waals surface area (Å²) in [5.74, 6) is 0.00272. The minimum Gasteiger partial charge on any atom is -0.325 e. The minimum absolute atomic E-state index is 0.0912. The number of thioether (sulfide) groups is 1. The monoisotopic (exact) mass is 379 g/mol. The summed E-state index contributed by atoms with van der Waals surface area (Å²) in [6.45, 7) is 1.88. The van der Waals surface area contributed by atoms with Crippen LogP contribution in [0, 0.1) is 6.92 Å². The maximum atomic E-state index is 12.2. The second-order valence-electron chi connectivity index (χ2n) is 5.19. The first-order valence-corrected chi connectivity index (χ1v) is 9.33. The van der Waals surface area contributed by atoms with Gasteiger partial charge in [-0.3, -0.25) is 14.2 Å². The molecule has 3 aromatic rings. The average Bonchev–Trinajstić information content (AvgIpc) is 3.01. The third-order valence-electron chi connectivity index (χ3n) is 3.44. The Labute approximate surface area is 151 Å². The molecule has 0 aliphatic heterocycles. The van der Waals surface area contributed by atoms with E-state index < -0.39 is 0 Å². The van der Waals surface area contributed by atoms with Gasteiger partial charge < -0.3 is 5.32 Å². The molecule has 2 heterocycles. The van der Waals surface area contributed by atoms with Crippen molar-refractivity contribution in [2.45, 2.75) is 12.1 Å². The highest BCUT2D eigenvalue weighted by molar-refractivity contribution is 7.99. The Morgan fingerprint density at radius 1 is 1.42 bits per heavy atom. The van der Waals surface area contributed by atoms with Crippen molar-refractivity contribution in [2.75, 3.05) is 11.1 Å². The molecular formula is C16H14ClN3O2S2. The lowest BCUT2D eigenvalue weighted by atomic mass is 10.2. The van der Waals surface area contributed by atoms with E-state index in [-0.39, 0.29) is 17.2 Å². The quantitative estimate of drug-likeness (QED) is 0.554. The number of rotatable bonds is 4. The van der Waals surface area contributed by atoms with Crippen LogP contribution in [0.5, 0.6) is 0 Å². The Bertz CT molecular complexity index is 981. The maximum Gasteiger partial charge on any atom is 0.271 e. The predicted molar refractivity (Wildman–Crippen MR) is 100 cm³/mol. The van der Waals surface area contributed by atoms with E-state index in [1.165, 1.54) is 27.7 Å². The summed E-state index contributed by atoms with van der Waals surface area (Å²) in [6.07, 6.45) is 0. The van der Waals surface area contributed by atoms with Gasteiger partial charge in [-0.25, -0.2) is 4.98 Å². The van der Waals surface area contributed by atoms with Crippen molar-refractivity contribution >= 4 is 56.5 Å². The number of benzene rings is 1. The van der Waals surface area contributed by atoms with E-state index in [9.17, 15) is 9.59 Å². The normalized spacial score (nSPS) is 11.0. The fraction of sp³-hybridized carbons (Fsp3) is 0.188. The van der Waals surface area contributed by atoms with Crippen LogP contribution in [-0.2, 0) is 11.8 Å². The Balaban J connectivity index is 1.72. The minimum atomic E-state index is -0.162. The number of anilines is 1. The van der Waals surface area contributed by atoms with Gasteiger partial charge in [0.2, 0.25) is 5.91 Å². The topological polar surface area (TPSA) is 64.0 Å². The van der Waals surface area contributed by atoms with Gasteiger partial charge in [0.05, 0.1) is 11.3 Å². The Hall–Kier alpha value is -1.83. The first-order valence-electron chi connectivity index (χ1n) is 7.09. The van der Waals surface area contributed by atoms with E-state index in [1.807, 2.05) is 18.4 Å². The Kier molecular flexibility index (Phi) is 4.93. The van der Waals surface area contributed by atoms with Gasteiger partial charge in [0.15, 0.2) is 5.16 Å². The molecule has 0 saturated carbocycles. The molecule has 8 heteroatoms. The van der Waals surface area contributed by atoms with Crippen molar-refractivity contribution in [3.63, 3.8) is 0 Å². The highest BCUT2D eigenvalue weighted by Gasteiger charge is 2.12. The number of halogens is 1. The van der Waals surface area contributed by atoms with E-state index in [4.69, 9.17) is 11.6 Å². The molecule has 0 radical (unpaired) electrons. The number of hydrogen-bond donors (Lipinski definition) is 1. The van der Waals surface area contributed by atoms with Crippen LogP contribution in [0.3, 0.4) is 0 Å².